The number of urea groups is 1. The quantitative estimate of drug-likeness (QED) is 0.710. The van der Waals surface area contributed by atoms with Gasteiger partial charge in [0.2, 0.25) is 0 Å². The van der Waals surface area contributed by atoms with Crippen LogP contribution in [0.1, 0.15) is 32.1 Å². The van der Waals surface area contributed by atoms with Crippen LogP contribution in [0.2, 0.25) is 0 Å². The third-order valence-corrected chi connectivity index (χ3v) is 4.65. The van der Waals surface area contributed by atoms with Crippen LogP contribution in [0.5, 0.6) is 0 Å². The fraction of sp³-hybridized carbons (Fsp3) is 0.818. The molecule has 2 aliphatic rings. The molecule has 3 N–H and O–H groups in total. The number of rotatable bonds is 3. The Morgan fingerprint density at radius 2 is 2.00 bits per heavy atom. The maximum atomic E-state index is 11.8. The molecule has 0 aromatic rings. The van der Waals surface area contributed by atoms with Crippen molar-refractivity contribution in [3.8, 4) is 0 Å². The molecule has 1 saturated carbocycles. The summed E-state index contributed by atoms with van der Waals surface area (Å²) < 4.78 is 0. The molecule has 2 fully saturated rings. The summed E-state index contributed by atoms with van der Waals surface area (Å²) in [5, 5.41) is 14.7. The lowest BCUT2D eigenvalue weighted by atomic mass is 9.98. The van der Waals surface area contributed by atoms with Gasteiger partial charge in [-0.25, -0.2) is 9.59 Å². The van der Waals surface area contributed by atoms with Gasteiger partial charge in [0.15, 0.2) is 0 Å². The molecule has 1 aliphatic heterocycles. The number of carboxylic acid groups (broad SMARTS) is 1. The molecule has 5 nitrogen and oxygen atoms in total. The molecule has 96 valence electrons. The molecule has 1 atom stereocenters. The number of hydrogen-bond acceptors (Lipinski definition) is 3. The summed E-state index contributed by atoms with van der Waals surface area (Å²) in [6, 6.07) is -0.144. The lowest BCUT2D eigenvalue weighted by molar-refractivity contribution is -0.144. The van der Waals surface area contributed by atoms with Gasteiger partial charge in [0.25, 0.3) is 0 Å². The monoisotopic (exact) mass is 258 g/mol. The van der Waals surface area contributed by atoms with Gasteiger partial charge in [-0.3, -0.25) is 0 Å². The van der Waals surface area contributed by atoms with Gasteiger partial charge in [0.05, 0.1) is 0 Å². The normalized spacial score (nSPS) is 26.7. The lowest BCUT2D eigenvalue weighted by Crippen LogP contribution is -2.56. The highest BCUT2D eigenvalue weighted by molar-refractivity contribution is 7.99. The Morgan fingerprint density at radius 3 is 2.53 bits per heavy atom. The van der Waals surface area contributed by atoms with E-state index in [1.807, 2.05) is 11.8 Å². The van der Waals surface area contributed by atoms with Gasteiger partial charge in [-0.15, -0.1) is 0 Å². The number of nitrogens with one attached hydrogen (secondary N) is 2. The van der Waals surface area contributed by atoms with Crippen LogP contribution >= 0.6 is 11.8 Å². The largest absolute Gasteiger partial charge is 0.480 e. The summed E-state index contributed by atoms with van der Waals surface area (Å²) in [5.74, 6) is 1.08. The zero-order valence-corrected chi connectivity index (χ0v) is 10.5. The van der Waals surface area contributed by atoms with Crippen molar-refractivity contribution < 1.29 is 14.7 Å². The zero-order valence-electron chi connectivity index (χ0n) is 9.70. The number of aliphatic carboxylic acids is 1. The molecule has 1 saturated heterocycles. The van der Waals surface area contributed by atoms with Crippen LogP contribution in [0.15, 0.2) is 0 Å². The number of thioether (sulfide) groups is 1. The molecule has 2 rings (SSSR count). The Balaban J connectivity index is 1.89. The van der Waals surface area contributed by atoms with Crippen LogP contribution in [-0.4, -0.2) is 40.2 Å². The number of hydrogen-bond donors (Lipinski definition) is 3. The van der Waals surface area contributed by atoms with Crippen LogP contribution in [0.25, 0.3) is 0 Å². The van der Waals surface area contributed by atoms with E-state index >= 15 is 0 Å². The molecule has 17 heavy (non-hydrogen) atoms. The molecule has 1 heterocycles. The van der Waals surface area contributed by atoms with Crippen LogP contribution < -0.4 is 10.6 Å². The molecule has 0 aromatic heterocycles. The predicted molar refractivity (Wildman–Crippen MR) is 66.2 cm³/mol. The Labute approximate surface area is 105 Å². The van der Waals surface area contributed by atoms with E-state index in [2.05, 4.69) is 10.6 Å². The Bertz CT molecular complexity index is 310. The highest BCUT2D eigenvalue weighted by atomic mass is 32.2. The maximum Gasteiger partial charge on any atom is 0.329 e. The molecule has 0 bridgehead atoms. The van der Waals surface area contributed by atoms with Crippen molar-refractivity contribution in [3.05, 3.63) is 0 Å². The SMILES string of the molecule is O=C(NC1CCSC1)NC1(C(=O)O)CCCC1. The van der Waals surface area contributed by atoms with Gasteiger partial charge in [-0.2, -0.15) is 11.8 Å². The fourth-order valence-electron chi connectivity index (χ4n) is 2.46. The smallest absolute Gasteiger partial charge is 0.329 e. The number of amides is 2. The van der Waals surface area contributed by atoms with Crippen molar-refractivity contribution in [2.24, 2.45) is 0 Å². The highest BCUT2D eigenvalue weighted by Gasteiger charge is 2.42. The molecule has 0 radical (unpaired) electrons. The van der Waals surface area contributed by atoms with Crippen molar-refractivity contribution in [2.45, 2.75) is 43.7 Å². The standard InChI is InChI=1S/C11H18N2O3S/c14-9(15)11(4-1-2-5-11)13-10(16)12-8-3-6-17-7-8/h8H,1-7H2,(H,14,15)(H2,12,13,16). The van der Waals surface area contributed by atoms with Crippen molar-refractivity contribution in [2.75, 3.05) is 11.5 Å². The van der Waals surface area contributed by atoms with Crippen LogP contribution in [0.4, 0.5) is 4.79 Å². The first kappa shape index (κ1) is 12.5. The maximum absolute atomic E-state index is 11.8. The molecule has 2 amide bonds. The van der Waals surface area contributed by atoms with E-state index in [9.17, 15) is 14.7 Å². The van der Waals surface area contributed by atoms with E-state index in [1.165, 1.54) is 0 Å². The Kier molecular flexibility index (Phi) is 3.81. The summed E-state index contributed by atoms with van der Waals surface area (Å²) in [7, 11) is 0. The second kappa shape index (κ2) is 5.16. The molecule has 0 aromatic carbocycles. The minimum Gasteiger partial charge on any atom is -0.480 e. The van der Waals surface area contributed by atoms with Gasteiger partial charge in [0, 0.05) is 11.8 Å². The van der Waals surface area contributed by atoms with Crippen LogP contribution in [0.3, 0.4) is 0 Å². The summed E-state index contributed by atoms with van der Waals surface area (Å²) in [6.07, 6.45) is 3.78. The first-order valence-corrected chi connectivity index (χ1v) is 7.18. The van der Waals surface area contributed by atoms with Gasteiger partial charge >= 0.3 is 12.0 Å². The topological polar surface area (TPSA) is 78.4 Å². The van der Waals surface area contributed by atoms with E-state index in [0.29, 0.717) is 12.8 Å². The molecular weight excluding hydrogens is 240 g/mol. The molecule has 0 spiro atoms. The van der Waals surface area contributed by atoms with Gasteiger partial charge in [-0.1, -0.05) is 12.8 Å². The second-order valence-corrected chi connectivity index (χ2v) is 5.90. The summed E-state index contributed by atoms with van der Waals surface area (Å²) >= 11 is 1.81. The van der Waals surface area contributed by atoms with E-state index in [0.717, 1.165) is 30.8 Å². The Hall–Kier alpha value is -0.910. The predicted octanol–water partition coefficient (Wildman–Crippen LogP) is 1.19. The van der Waals surface area contributed by atoms with Crippen molar-refractivity contribution >= 4 is 23.8 Å². The van der Waals surface area contributed by atoms with E-state index in [4.69, 9.17) is 0 Å². The van der Waals surface area contributed by atoms with Crippen LogP contribution in [-0.2, 0) is 4.79 Å². The summed E-state index contributed by atoms with van der Waals surface area (Å²) in [6.45, 7) is 0. The van der Waals surface area contributed by atoms with Crippen molar-refractivity contribution in [1.29, 1.82) is 0 Å². The summed E-state index contributed by atoms with van der Waals surface area (Å²) in [4.78, 5) is 23.0. The number of carbonyl (C=O) groups is 2. The highest BCUT2D eigenvalue weighted by Crippen LogP contribution is 2.29. The van der Waals surface area contributed by atoms with Gasteiger partial charge in [0.1, 0.15) is 5.54 Å². The third kappa shape index (κ3) is 2.86. The first-order chi connectivity index (χ1) is 8.12. The molecular formula is C11H18N2O3S. The lowest BCUT2D eigenvalue weighted by Gasteiger charge is -2.26. The first-order valence-electron chi connectivity index (χ1n) is 6.02. The molecule has 6 heteroatoms. The second-order valence-electron chi connectivity index (χ2n) is 4.75. The summed E-state index contributed by atoms with van der Waals surface area (Å²) in [5.41, 5.74) is -1.03. The fourth-order valence-corrected chi connectivity index (χ4v) is 3.61. The van der Waals surface area contributed by atoms with E-state index < -0.39 is 11.5 Å². The number of carbonyl (C=O) groups excluding carboxylic acids is 1. The average molecular weight is 258 g/mol. The average Bonchev–Trinajstić information content (AvgIpc) is 2.89. The van der Waals surface area contributed by atoms with E-state index in [1.54, 1.807) is 0 Å². The van der Waals surface area contributed by atoms with Gasteiger partial charge < -0.3 is 15.7 Å². The minimum absolute atomic E-state index is 0.187. The van der Waals surface area contributed by atoms with E-state index in [-0.39, 0.29) is 12.1 Å². The van der Waals surface area contributed by atoms with Gasteiger partial charge in [-0.05, 0) is 25.0 Å². The Morgan fingerprint density at radius 1 is 1.29 bits per heavy atom. The van der Waals surface area contributed by atoms with Crippen LogP contribution in [0, 0.1) is 0 Å². The molecule has 1 unspecified atom stereocenters. The zero-order chi connectivity index (χ0) is 12.3. The molecule has 1 aliphatic carbocycles. The number of carboxylic acids is 1. The minimum atomic E-state index is -1.03. The third-order valence-electron chi connectivity index (χ3n) is 3.48. The van der Waals surface area contributed by atoms with Crippen molar-refractivity contribution in [3.63, 3.8) is 0 Å². The van der Waals surface area contributed by atoms with Crippen molar-refractivity contribution in [1.82, 2.24) is 10.6 Å².